The lowest BCUT2D eigenvalue weighted by Crippen LogP contribution is -1.96. The standard InChI is InChI=1S/C10H15NO2/c1-6(2)9-8(5-12)10(7(3)4)13-11-9/h5-7H,1-4H3. The number of hydrogen-bond donors (Lipinski definition) is 0. The van der Waals surface area contributed by atoms with E-state index in [4.69, 9.17) is 4.52 Å². The molecule has 0 radical (unpaired) electrons. The van der Waals surface area contributed by atoms with Crippen LogP contribution in [0.5, 0.6) is 0 Å². The molecule has 0 aliphatic carbocycles. The number of nitrogens with zero attached hydrogens (tertiary/aromatic N) is 1. The van der Waals surface area contributed by atoms with E-state index in [0.717, 1.165) is 12.0 Å². The normalized spacial score (nSPS) is 11.2. The van der Waals surface area contributed by atoms with Gasteiger partial charge in [-0.3, -0.25) is 4.79 Å². The Kier molecular flexibility index (Phi) is 2.86. The second-order valence-electron chi connectivity index (χ2n) is 3.77. The van der Waals surface area contributed by atoms with Gasteiger partial charge in [0.15, 0.2) is 6.29 Å². The topological polar surface area (TPSA) is 43.1 Å². The van der Waals surface area contributed by atoms with Gasteiger partial charge in [-0.05, 0) is 5.92 Å². The van der Waals surface area contributed by atoms with Crippen molar-refractivity contribution in [1.82, 2.24) is 5.16 Å². The minimum absolute atomic E-state index is 0.209. The van der Waals surface area contributed by atoms with E-state index in [1.165, 1.54) is 0 Å². The maximum atomic E-state index is 10.8. The van der Waals surface area contributed by atoms with Crippen LogP contribution >= 0.6 is 0 Å². The highest BCUT2D eigenvalue weighted by atomic mass is 16.5. The van der Waals surface area contributed by atoms with Crippen LogP contribution < -0.4 is 0 Å². The van der Waals surface area contributed by atoms with Gasteiger partial charge in [0.05, 0.1) is 11.3 Å². The molecule has 3 nitrogen and oxygen atoms in total. The Labute approximate surface area is 78.1 Å². The summed E-state index contributed by atoms with van der Waals surface area (Å²) in [7, 11) is 0. The molecule has 0 aliphatic rings. The Balaban J connectivity index is 3.18. The third-order valence-electron chi connectivity index (χ3n) is 1.97. The summed E-state index contributed by atoms with van der Waals surface area (Å²) in [6.07, 6.45) is 0.834. The second kappa shape index (κ2) is 3.73. The molecule has 0 aromatic carbocycles. The summed E-state index contributed by atoms with van der Waals surface area (Å²) in [4.78, 5) is 10.8. The van der Waals surface area contributed by atoms with Crippen molar-refractivity contribution in [2.75, 3.05) is 0 Å². The lowest BCUT2D eigenvalue weighted by Gasteiger charge is -2.01. The zero-order valence-electron chi connectivity index (χ0n) is 8.50. The van der Waals surface area contributed by atoms with Crippen molar-refractivity contribution in [3.05, 3.63) is 17.0 Å². The van der Waals surface area contributed by atoms with E-state index in [0.29, 0.717) is 11.3 Å². The molecule has 0 spiro atoms. The Morgan fingerprint density at radius 3 is 2.23 bits per heavy atom. The lowest BCUT2D eigenvalue weighted by atomic mass is 10.0. The molecule has 0 N–H and O–H groups in total. The molecule has 0 atom stereocenters. The SMILES string of the molecule is CC(C)c1noc(C(C)C)c1C=O. The van der Waals surface area contributed by atoms with Crippen LogP contribution in [0.3, 0.4) is 0 Å². The van der Waals surface area contributed by atoms with Gasteiger partial charge < -0.3 is 4.52 Å². The van der Waals surface area contributed by atoms with Gasteiger partial charge in [0.25, 0.3) is 0 Å². The zero-order valence-corrected chi connectivity index (χ0v) is 8.50. The largest absolute Gasteiger partial charge is 0.360 e. The maximum Gasteiger partial charge on any atom is 0.155 e. The fraction of sp³-hybridized carbons (Fsp3) is 0.600. The van der Waals surface area contributed by atoms with Crippen molar-refractivity contribution in [2.45, 2.75) is 39.5 Å². The first-order valence-electron chi connectivity index (χ1n) is 4.52. The highest BCUT2D eigenvalue weighted by Crippen LogP contribution is 2.25. The van der Waals surface area contributed by atoms with E-state index < -0.39 is 0 Å². The number of aldehydes is 1. The van der Waals surface area contributed by atoms with Crippen LogP contribution in [-0.4, -0.2) is 11.4 Å². The zero-order chi connectivity index (χ0) is 10.0. The monoisotopic (exact) mass is 181 g/mol. The quantitative estimate of drug-likeness (QED) is 0.673. The van der Waals surface area contributed by atoms with Crippen LogP contribution in [0.4, 0.5) is 0 Å². The van der Waals surface area contributed by atoms with E-state index in [2.05, 4.69) is 5.16 Å². The van der Waals surface area contributed by atoms with Gasteiger partial charge in [-0.15, -0.1) is 0 Å². The van der Waals surface area contributed by atoms with Crippen molar-refractivity contribution in [3.63, 3.8) is 0 Å². The summed E-state index contributed by atoms with van der Waals surface area (Å²) in [5.41, 5.74) is 1.39. The molecular weight excluding hydrogens is 166 g/mol. The van der Waals surface area contributed by atoms with Gasteiger partial charge >= 0.3 is 0 Å². The molecule has 13 heavy (non-hydrogen) atoms. The van der Waals surface area contributed by atoms with Gasteiger partial charge in [-0.2, -0.15) is 0 Å². The summed E-state index contributed by atoms with van der Waals surface area (Å²) in [6.45, 7) is 7.96. The Hall–Kier alpha value is -1.12. The van der Waals surface area contributed by atoms with E-state index in [9.17, 15) is 4.79 Å². The fourth-order valence-corrected chi connectivity index (χ4v) is 1.27. The number of carbonyl (C=O) groups excluding carboxylic acids is 1. The first-order valence-corrected chi connectivity index (χ1v) is 4.52. The number of rotatable bonds is 3. The maximum absolute atomic E-state index is 10.8. The van der Waals surface area contributed by atoms with Crippen molar-refractivity contribution in [1.29, 1.82) is 0 Å². The highest BCUT2D eigenvalue weighted by Gasteiger charge is 2.19. The second-order valence-corrected chi connectivity index (χ2v) is 3.77. The van der Waals surface area contributed by atoms with Gasteiger partial charge in [0.2, 0.25) is 0 Å². The predicted octanol–water partition coefficient (Wildman–Crippen LogP) is 2.73. The summed E-state index contributed by atoms with van der Waals surface area (Å²) in [5.74, 6) is 1.13. The molecule has 72 valence electrons. The molecule has 1 aromatic rings. The van der Waals surface area contributed by atoms with Crippen LogP contribution in [0.1, 0.15) is 61.3 Å². The van der Waals surface area contributed by atoms with E-state index in [-0.39, 0.29) is 11.8 Å². The minimum atomic E-state index is 0.209. The van der Waals surface area contributed by atoms with Gasteiger partial charge in [0, 0.05) is 5.92 Å². The van der Waals surface area contributed by atoms with Crippen molar-refractivity contribution in [2.24, 2.45) is 0 Å². The molecule has 3 heteroatoms. The van der Waals surface area contributed by atoms with E-state index in [1.54, 1.807) is 0 Å². The Bertz CT molecular complexity index is 274. The first-order chi connectivity index (χ1) is 6.07. The third kappa shape index (κ3) is 1.79. The van der Waals surface area contributed by atoms with Crippen LogP contribution in [0.25, 0.3) is 0 Å². The van der Waals surface area contributed by atoms with Gasteiger partial charge in [-0.1, -0.05) is 32.9 Å². The van der Waals surface area contributed by atoms with Crippen LogP contribution in [0.2, 0.25) is 0 Å². The number of hydrogen-bond acceptors (Lipinski definition) is 3. The molecule has 1 aromatic heterocycles. The molecule has 1 rings (SSSR count). The molecule has 1 heterocycles. The van der Waals surface area contributed by atoms with Crippen molar-refractivity contribution >= 4 is 6.29 Å². The molecule has 0 bridgehead atoms. The summed E-state index contributed by atoms with van der Waals surface area (Å²) in [5, 5.41) is 3.90. The molecule has 0 fully saturated rings. The molecule has 0 unspecified atom stereocenters. The van der Waals surface area contributed by atoms with E-state index in [1.807, 2.05) is 27.7 Å². The molecular formula is C10H15NO2. The average molecular weight is 181 g/mol. The third-order valence-corrected chi connectivity index (χ3v) is 1.97. The van der Waals surface area contributed by atoms with E-state index >= 15 is 0 Å². The first kappa shape index (κ1) is 9.96. The minimum Gasteiger partial charge on any atom is -0.360 e. The van der Waals surface area contributed by atoms with Crippen molar-refractivity contribution in [3.8, 4) is 0 Å². The highest BCUT2D eigenvalue weighted by molar-refractivity contribution is 5.78. The summed E-state index contributed by atoms with van der Waals surface area (Å²) >= 11 is 0. The fourth-order valence-electron chi connectivity index (χ4n) is 1.27. The van der Waals surface area contributed by atoms with Gasteiger partial charge in [0.1, 0.15) is 5.76 Å². The smallest absolute Gasteiger partial charge is 0.155 e. The Morgan fingerprint density at radius 2 is 1.85 bits per heavy atom. The molecule has 0 saturated heterocycles. The predicted molar refractivity (Wildman–Crippen MR) is 50.1 cm³/mol. The molecule has 0 saturated carbocycles. The van der Waals surface area contributed by atoms with Crippen LogP contribution in [-0.2, 0) is 0 Å². The summed E-state index contributed by atoms with van der Waals surface area (Å²) in [6, 6.07) is 0. The van der Waals surface area contributed by atoms with Crippen molar-refractivity contribution < 1.29 is 9.32 Å². The Morgan fingerprint density at radius 1 is 1.23 bits per heavy atom. The van der Waals surface area contributed by atoms with Gasteiger partial charge in [-0.25, -0.2) is 0 Å². The number of aromatic nitrogens is 1. The molecule has 0 aliphatic heterocycles. The molecule has 0 amide bonds. The lowest BCUT2D eigenvalue weighted by molar-refractivity contribution is 0.112. The van der Waals surface area contributed by atoms with Crippen LogP contribution in [0.15, 0.2) is 4.52 Å². The average Bonchev–Trinajstić information content (AvgIpc) is 2.46. The van der Waals surface area contributed by atoms with Crippen LogP contribution in [0, 0.1) is 0 Å². The number of carbonyl (C=O) groups is 1. The summed E-state index contributed by atoms with van der Waals surface area (Å²) < 4.78 is 5.13.